The maximum atomic E-state index is 13.4. The van der Waals surface area contributed by atoms with Crippen molar-refractivity contribution in [2.24, 2.45) is 0 Å². The molecule has 4 rings (SSSR count). The highest BCUT2D eigenvalue weighted by atomic mass is 16.2. The third kappa shape index (κ3) is 3.22. The molecule has 0 aliphatic carbocycles. The van der Waals surface area contributed by atoms with Crippen molar-refractivity contribution in [3.05, 3.63) is 42.2 Å². The third-order valence-corrected chi connectivity index (χ3v) is 5.60. The number of hydrogen-bond acceptors (Lipinski definition) is 4. The van der Waals surface area contributed by atoms with E-state index in [1.54, 1.807) is 6.33 Å². The molecular formula is C20H26N6O. The van der Waals surface area contributed by atoms with E-state index in [1.807, 2.05) is 23.1 Å². The minimum Gasteiger partial charge on any atom is -0.341 e. The Bertz CT molecular complexity index is 908. The van der Waals surface area contributed by atoms with Crippen LogP contribution in [0.2, 0.25) is 0 Å². The Morgan fingerprint density at radius 2 is 2.04 bits per heavy atom. The molecule has 1 fully saturated rings. The Morgan fingerprint density at radius 1 is 1.26 bits per heavy atom. The number of likely N-dealkylation sites (tertiary alicyclic amines) is 1. The van der Waals surface area contributed by atoms with Gasteiger partial charge in [-0.25, -0.2) is 9.97 Å². The van der Waals surface area contributed by atoms with Gasteiger partial charge in [0.25, 0.3) is 0 Å². The number of amides is 1. The van der Waals surface area contributed by atoms with E-state index in [-0.39, 0.29) is 11.9 Å². The average Bonchev–Trinajstić information content (AvgIpc) is 3.37. The number of rotatable bonds is 5. The van der Waals surface area contributed by atoms with Crippen molar-refractivity contribution in [3.63, 3.8) is 0 Å². The Labute approximate surface area is 158 Å². The zero-order valence-electron chi connectivity index (χ0n) is 15.9. The second-order valence-corrected chi connectivity index (χ2v) is 7.13. The lowest BCUT2D eigenvalue weighted by Gasteiger charge is -2.34. The molecule has 1 aliphatic heterocycles. The van der Waals surface area contributed by atoms with Gasteiger partial charge in [0.1, 0.15) is 24.0 Å². The maximum absolute atomic E-state index is 13.4. The quantitative estimate of drug-likeness (QED) is 0.752. The molecular weight excluding hydrogens is 340 g/mol. The molecule has 7 nitrogen and oxygen atoms in total. The standard InChI is InChI=1S/C20H26N6O/c1-3-16(26-17-8-6-5-7-15(17)23-18(26)4-2)20(27)25-11-9-14(10-12-25)19-21-13-22-24-19/h5-8,13-14,16H,3-4,9-12H2,1-2H3,(H,21,22,24)/t16-/m0/s1. The fourth-order valence-electron chi connectivity index (χ4n) is 4.15. The molecule has 2 aromatic heterocycles. The molecule has 1 N–H and O–H groups in total. The summed E-state index contributed by atoms with van der Waals surface area (Å²) in [4.78, 5) is 24.4. The van der Waals surface area contributed by atoms with Crippen molar-refractivity contribution in [1.29, 1.82) is 0 Å². The second-order valence-electron chi connectivity index (χ2n) is 7.13. The maximum Gasteiger partial charge on any atom is 0.245 e. The summed E-state index contributed by atoms with van der Waals surface area (Å²) in [5.41, 5.74) is 2.01. The molecule has 27 heavy (non-hydrogen) atoms. The third-order valence-electron chi connectivity index (χ3n) is 5.60. The molecule has 0 radical (unpaired) electrons. The van der Waals surface area contributed by atoms with Gasteiger partial charge in [0.05, 0.1) is 11.0 Å². The van der Waals surface area contributed by atoms with Gasteiger partial charge in [-0.1, -0.05) is 26.0 Å². The van der Waals surface area contributed by atoms with E-state index in [1.165, 1.54) is 0 Å². The normalized spacial score (nSPS) is 16.7. The number of imidazole rings is 1. The highest BCUT2D eigenvalue weighted by molar-refractivity contribution is 5.84. The summed E-state index contributed by atoms with van der Waals surface area (Å²) >= 11 is 0. The predicted octanol–water partition coefficient (Wildman–Crippen LogP) is 3.07. The van der Waals surface area contributed by atoms with Gasteiger partial charge in [0.2, 0.25) is 5.91 Å². The molecule has 3 heterocycles. The van der Waals surface area contributed by atoms with E-state index in [9.17, 15) is 4.79 Å². The number of H-pyrrole nitrogens is 1. The monoisotopic (exact) mass is 366 g/mol. The van der Waals surface area contributed by atoms with E-state index in [0.29, 0.717) is 5.92 Å². The Hall–Kier alpha value is -2.70. The summed E-state index contributed by atoms with van der Waals surface area (Å²) in [7, 11) is 0. The van der Waals surface area contributed by atoms with Crippen LogP contribution in [0.15, 0.2) is 30.6 Å². The molecule has 3 aromatic rings. The number of aromatic amines is 1. The Balaban J connectivity index is 1.56. The van der Waals surface area contributed by atoms with Gasteiger partial charge in [-0.05, 0) is 31.4 Å². The smallest absolute Gasteiger partial charge is 0.245 e. The number of nitrogens with one attached hydrogen (secondary N) is 1. The van der Waals surface area contributed by atoms with Crippen molar-refractivity contribution in [1.82, 2.24) is 29.6 Å². The lowest BCUT2D eigenvalue weighted by molar-refractivity contribution is -0.136. The fourth-order valence-corrected chi connectivity index (χ4v) is 4.15. The van der Waals surface area contributed by atoms with Gasteiger partial charge in [-0.3, -0.25) is 9.89 Å². The Kier molecular flexibility index (Phi) is 4.92. The minimum atomic E-state index is -0.200. The summed E-state index contributed by atoms with van der Waals surface area (Å²) in [6.45, 7) is 5.69. The van der Waals surface area contributed by atoms with E-state index in [4.69, 9.17) is 4.98 Å². The van der Waals surface area contributed by atoms with Gasteiger partial charge in [-0.2, -0.15) is 5.10 Å². The largest absolute Gasteiger partial charge is 0.341 e. The highest BCUT2D eigenvalue weighted by Crippen LogP contribution is 2.29. The number of para-hydroxylation sites is 2. The topological polar surface area (TPSA) is 79.7 Å². The molecule has 0 spiro atoms. The number of fused-ring (bicyclic) bond motifs is 1. The summed E-state index contributed by atoms with van der Waals surface area (Å²) in [5.74, 6) is 2.47. The van der Waals surface area contributed by atoms with E-state index >= 15 is 0 Å². The van der Waals surface area contributed by atoms with Crippen LogP contribution in [0, 0.1) is 0 Å². The molecule has 1 amide bonds. The first-order valence-corrected chi connectivity index (χ1v) is 9.82. The Morgan fingerprint density at radius 3 is 2.70 bits per heavy atom. The van der Waals surface area contributed by atoms with Crippen LogP contribution >= 0.6 is 0 Å². The number of piperidine rings is 1. The number of aromatic nitrogens is 5. The van der Waals surface area contributed by atoms with Gasteiger partial charge >= 0.3 is 0 Å². The first-order valence-electron chi connectivity index (χ1n) is 9.82. The van der Waals surface area contributed by atoms with E-state index in [0.717, 1.165) is 61.5 Å². The van der Waals surface area contributed by atoms with Crippen LogP contribution in [-0.2, 0) is 11.2 Å². The number of benzene rings is 1. The lowest BCUT2D eigenvalue weighted by atomic mass is 9.95. The van der Waals surface area contributed by atoms with Crippen LogP contribution in [0.1, 0.15) is 56.7 Å². The molecule has 142 valence electrons. The van der Waals surface area contributed by atoms with Crippen molar-refractivity contribution in [3.8, 4) is 0 Å². The van der Waals surface area contributed by atoms with E-state index in [2.05, 4.69) is 39.7 Å². The SMILES string of the molecule is CCc1nc2ccccc2n1[C@@H](CC)C(=O)N1CCC(c2ncn[nH]2)CC1. The average molecular weight is 366 g/mol. The number of carbonyl (C=O) groups excluding carboxylic acids is 1. The number of aryl methyl sites for hydroxylation is 1. The van der Waals surface area contributed by atoms with Crippen LogP contribution in [-0.4, -0.2) is 48.6 Å². The lowest BCUT2D eigenvalue weighted by Crippen LogP contribution is -2.42. The van der Waals surface area contributed by atoms with Crippen LogP contribution < -0.4 is 0 Å². The molecule has 7 heteroatoms. The van der Waals surface area contributed by atoms with Crippen molar-refractivity contribution >= 4 is 16.9 Å². The number of carbonyl (C=O) groups is 1. The van der Waals surface area contributed by atoms with Crippen LogP contribution in [0.25, 0.3) is 11.0 Å². The molecule has 0 unspecified atom stereocenters. The van der Waals surface area contributed by atoms with Gasteiger partial charge in [0.15, 0.2) is 0 Å². The first kappa shape index (κ1) is 17.7. The second kappa shape index (κ2) is 7.50. The first-order chi connectivity index (χ1) is 13.2. The van der Waals surface area contributed by atoms with Crippen molar-refractivity contribution in [2.75, 3.05) is 13.1 Å². The summed E-state index contributed by atoms with van der Waals surface area (Å²) in [6.07, 6.45) is 4.96. The molecule has 1 aliphatic rings. The van der Waals surface area contributed by atoms with Crippen LogP contribution in [0.4, 0.5) is 0 Å². The fraction of sp³-hybridized carbons (Fsp3) is 0.500. The van der Waals surface area contributed by atoms with E-state index < -0.39 is 0 Å². The van der Waals surface area contributed by atoms with Crippen LogP contribution in [0.5, 0.6) is 0 Å². The van der Waals surface area contributed by atoms with Crippen LogP contribution in [0.3, 0.4) is 0 Å². The van der Waals surface area contributed by atoms with Gasteiger partial charge < -0.3 is 9.47 Å². The number of hydrogen-bond donors (Lipinski definition) is 1. The summed E-state index contributed by atoms with van der Waals surface area (Å²) in [5, 5.41) is 6.91. The molecule has 1 aromatic carbocycles. The van der Waals surface area contributed by atoms with Gasteiger partial charge in [-0.15, -0.1) is 0 Å². The molecule has 0 bridgehead atoms. The highest BCUT2D eigenvalue weighted by Gasteiger charge is 2.31. The zero-order chi connectivity index (χ0) is 18.8. The summed E-state index contributed by atoms with van der Waals surface area (Å²) < 4.78 is 2.15. The zero-order valence-corrected chi connectivity index (χ0v) is 15.9. The minimum absolute atomic E-state index is 0.200. The number of nitrogens with zero attached hydrogens (tertiary/aromatic N) is 5. The molecule has 0 saturated carbocycles. The molecule has 1 saturated heterocycles. The molecule has 1 atom stereocenters. The van der Waals surface area contributed by atoms with Crippen molar-refractivity contribution < 1.29 is 4.79 Å². The van der Waals surface area contributed by atoms with Gasteiger partial charge in [0, 0.05) is 25.4 Å². The summed E-state index contributed by atoms with van der Waals surface area (Å²) in [6, 6.07) is 7.89. The van der Waals surface area contributed by atoms with Crippen molar-refractivity contribution in [2.45, 2.75) is 51.5 Å². The predicted molar refractivity (Wildman–Crippen MR) is 103 cm³/mol.